The molecule has 0 aromatic carbocycles. The van der Waals surface area contributed by atoms with E-state index in [9.17, 15) is 0 Å². The first kappa shape index (κ1) is 11.3. The molecule has 2 heteroatoms. The molecule has 0 spiro atoms. The second kappa shape index (κ2) is 3.39. The van der Waals surface area contributed by atoms with Crippen LogP contribution < -0.4 is 0 Å². The van der Waals surface area contributed by atoms with Gasteiger partial charge in [-0.25, -0.2) is 0 Å². The highest BCUT2D eigenvalue weighted by Crippen LogP contribution is 2.36. The molecule has 0 aromatic rings. The minimum Gasteiger partial charge on any atom is -0.309 e. The van der Waals surface area contributed by atoms with Crippen LogP contribution in [0.5, 0.6) is 0 Å². The van der Waals surface area contributed by atoms with Crippen molar-refractivity contribution >= 4 is 8.07 Å². The van der Waals surface area contributed by atoms with Crippen LogP contribution in [0.2, 0.25) is 19.1 Å². The third-order valence-electron chi connectivity index (χ3n) is 3.25. The molecule has 1 aliphatic heterocycles. The Morgan fingerprint density at radius 1 is 1.23 bits per heavy atom. The van der Waals surface area contributed by atoms with Gasteiger partial charge in [0.15, 0.2) is 0 Å². The van der Waals surface area contributed by atoms with Gasteiger partial charge in [-0.3, -0.25) is 0 Å². The van der Waals surface area contributed by atoms with Crippen molar-refractivity contribution in [2.75, 3.05) is 19.8 Å². The maximum atomic E-state index is 2.55. The highest BCUT2D eigenvalue weighted by molar-refractivity contribution is 6.77. The van der Waals surface area contributed by atoms with Crippen LogP contribution in [-0.2, 0) is 0 Å². The Morgan fingerprint density at radius 3 is 2.15 bits per heavy atom. The van der Waals surface area contributed by atoms with Crippen LogP contribution in [-0.4, -0.2) is 32.7 Å². The molecule has 0 aromatic heterocycles. The van der Waals surface area contributed by atoms with Crippen LogP contribution in [0.4, 0.5) is 0 Å². The first-order valence-corrected chi connectivity index (χ1v) is 8.81. The van der Waals surface area contributed by atoms with Gasteiger partial charge in [-0.15, -0.1) is 0 Å². The van der Waals surface area contributed by atoms with E-state index in [0.29, 0.717) is 5.41 Å². The van der Waals surface area contributed by atoms with E-state index in [-0.39, 0.29) is 0 Å². The lowest BCUT2D eigenvalue weighted by atomic mass is 9.81. The first-order valence-electron chi connectivity index (χ1n) is 5.39. The Labute approximate surface area is 84.5 Å². The summed E-state index contributed by atoms with van der Waals surface area (Å²) in [6.07, 6.45) is 1.39. The van der Waals surface area contributed by atoms with Gasteiger partial charge in [0, 0.05) is 6.54 Å². The predicted molar refractivity (Wildman–Crippen MR) is 62.7 cm³/mol. The molecule has 13 heavy (non-hydrogen) atoms. The van der Waals surface area contributed by atoms with Crippen LogP contribution in [0.15, 0.2) is 0 Å². The summed E-state index contributed by atoms with van der Waals surface area (Å²) in [5.74, 6) is 0.910. The third kappa shape index (κ3) is 3.10. The molecule has 0 bridgehead atoms. The van der Waals surface area contributed by atoms with Gasteiger partial charge >= 0.3 is 0 Å². The third-order valence-corrected chi connectivity index (χ3v) is 6.25. The summed E-state index contributed by atoms with van der Waals surface area (Å²) >= 11 is 0. The number of nitrogens with zero attached hydrogens (tertiary/aromatic N) is 1. The van der Waals surface area contributed by atoms with Crippen molar-refractivity contribution in [1.29, 1.82) is 0 Å². The zero-order valence-corrected chi connectivity index (χ0v) is 11.1. The van der Waals surface area contributed by atoms with Crippen molar-refractivity contribution in [1.82, 2.24) is 4.90 Å². The molecule has 1 rings (SSSR count). The fourth-order valence-electron chi connectivity index (χ4n) is 2.55. The summed E-state index contributed by atoms with van der Waals surface area (Å²) in [7, 11) is 1.38. The monoisotopic (exact) mass is 199 g/mol. The molecule has 1 unspecified atom stereocenters. The molecule has 1 saturated heterocycles. The van der Waals surface area contributed by atoms with Crippen molar-refractivity contribution in [2.24, 2.45) is 11.3 Å². The molecule has 0 radical (unpaired) electrons. The second-order valence-electron chi connectivity index (χ2n) is 6.63. The van der Waals surface area contributed by atoms with Gasteiger partial charge in [0.2, 0.25) is 0 Å². The van der Waals surface area contributed by atoms with Crippen LogP contribution in [0.1, 0.15) is 20.8 Å². The lowest BCUT2D eigenvalue weighted by molar-refractivity contribution is 0.178. The topological polar surface area (TPSA) is 3.24 Å². The maximum Gasteiger partial charge on any atom is 0.0633 e. The zero-order valence-electron chi connectivity index (χ0n) is 10.1. The van der Waals surface area contributed by atoms with Crippen LogP contribution >= 0.6 is 0 Å². The number of hydrogen-bond acceptors (Lipinski definition) is 1. The minimum atomic E-state index is -0.900. The first-order chi connectivity index (χ1) is 5.71. The molecule has 1 nitrogen and oxygen atoms in total. The average Bonchev–Trinajstić information content (AvgIpc) is 1.79. The van der Waals surface area contributed by atoms with Crippen molar-refractivity contribution in [3.63, 3.8) is 0 Å². The van der Waals surface area contributed by atoms with E-state index in [4.69, 9.17) is 0 Å². The zero-order chi connectivity index (χ0) is 10.3. The molecule has 0 amide bonds. The van der Waals surface area contributed by atoms with Crippen molar-refractivity contribution in [2.45, 2.75) is 39.9 Å². The summed E-state index contributed by atoms with van der Waals surface area (Å²) in [6, 6.07) is 1.51. The quantitative estimate of drug-likeness (QED) is 0.542. The summed E-state index contributed by atoms with van der Waals surface area (Å²) in [4.78, 5) is 2.55. The van der Waals surface area contributed by atoms with Gasteiger partial charge in [-0.2, -0.15) is 0 Å². The Bertz CT molecular complexity index is 181. The molecule has 1 atom stereocenters. The number of rotatable bonds is 0. The van der Waals surface area contributed by atoms with E-state index in [1.807, 2.05) is 0 Å². The summed E-state index contributed by atoms with van der Waals surface area (Å²) in [6.45, 7) is 13.5. The minimum absolute atomic E-state index is 0.499. The lowest BCUT2D eigenvalue weighted by Crippen LogP contribution is -2.52. The van der Waals surface area contributed by atoms with Gasteiger partial charge in [-0.1, -0.05) is 39.9 Å². The fraction of sp³-hybridized carbons (Fsp3) is 1.00. The highest BCUT2D eigenvalue weighted by Gasteiger charge is 2.37. The SMILES string of the molecule is CN1CC(C(C)(C)C)C[Si](C)(C)C1. The van der Waals surface area contributed by atoms with E-state index in [1.165, 1.54) is 18.8 Å². The molecule has 1 heterocycles. The molecule has 1 fully saturated rings. The maximum absolute atomic E-state index is 2.55. The number of hydrogen-bond donors (Lipinski definition) is 0. The van der Waals surface area contributed by atoms with Crippen molar-refractivity contribution in [3.8, 4) is 0 Å². The van der Waals surface area contributed by atoms with Gasteiger partial charge in [-0.05, 0) is 24.5 Å². The van der Waals surface area contributed by atoms with Crippen molar-refractivity contribution in [3.05, 3.63) is 0 Å². The molecule has 0 N–H and O–H groups in total. The van der Waals surface area contributed by atoms with E-state index in [1.54, 1.807) is 0 Å². The van der Waals surface area contributed by atoms with Gasteiger partial charge in [0.1, 0.15) is 0 Å². The van der Waals surface area contributed by atoms with E-state index in [2.05, 4.69) is 45.8 Å². The normalized spacial score (nSPS) is 30.5. The lowest BCUT2D eigenvalue weighted by Gasteiger charge is -2.45. The van der Waals surface area contributed by atoms with E-state index >= 15 is 0 Å². The van der Waals surface area contributed by atoms with E-state index in [0.717, 1.165) is 5.92 Å². The van der Waals surface area contributed by atoms with Gasteiger partial charge in [0.05, 0.1) is 8.07 Å². The van der Waals surface area contributed by atoms with E-state index < -0.39 is 8.07 Å². The molecular formula is C11H25NSi. The van der Waals surface area contributed by atoms with Crippen LogP contribution in [0.25, 0.3) is 0 Å². The Balaban J connectivity index is 2.69. The summed E-state index contributed by atoms with van der Waals surface area (Å²) in [5.41, 5.74) is 0.499. The molecule has 0 aliphatic carbocycles. The summed E-state index contributed by atoms with van der Waals surface area (Å²) in [5, 5.41) is 0. The summed E-state index contributed by atoms with van der Waals surface area (Å²) < 4.78 is 0. The Kier molecular flexibility index (Phi) is 2.94. The van der Waals surface area contributed by atoms with Crippen LogP contribution in [0.3, 0.4) is 0 Å². The standard InChI is InChI=1S/C11H25NSi/c1-11(2,3)10-7-12(4)9-13(5,6)8-10/h10H,7-9H2,1-6H3. The molecule has 1 aliphatic rings. The fourth-order valence-corrected chi connectivity index (χ4v) is 6.34. The average molecular weight is 199 g/mol. The van der Waals surface area contributed by atoms with Crippen molar-refractivity contribution < 1.29 is 0 Å². The molecular weight excluding hydrogens is 174 g/mol. The Morgan fingerprint density at radius 2 is 1.77 bits per heavy atom. The van der Waals surface area contributed by atoms with Gasteiger partial charge < -0.3 is 4.90 Å². The Hall–Kier alpha value is 0.177. The smallest absolute Gasteiger partial charge is 0.0633 e. The predicted octanol–water partition coefficient (Wildman–Crippen LogP) is 2.84. The second-order valence-corrected chi connectivity index (χ2v) is 11.7. The largest absolute Gasteiger partial charge is 0.309 e. The van der Waals surface area contributed by atoms with Gasteiger partial charge in [0.25, 0.3) is 0 Å². The van der Waals surface area contributed by atoms with Crippen LogP contribution in [0, 0.1) is 11.3 Å². The highest BCUT2D eigenvalue weighted by atomic mass is 28.3. The molecule has 0 saturated carbocycles. The molecule has 78 valence electrons.